The minimum absolute atomic E-state index is 0.394. The first-order valence-electron chi connectivity index (χ1n) is 8.90. The lowest BCUT2D eigenvalue weighted by molar-refractivity contribution is 0.314. The predicted molar refractivity (Wildman–Crippen MR) is 99.4 cm³/mol. The number of thiophene rings is 1. The third-order valence-electron chi connectivity index (χ3n) is 4.85. The monoisotopic (exact) mass is 334 g/mol. The Kier molecular flexibility index (Phi) is 5.59. The molecular formula is C18H30N4S. The van der Waals surface area contributed by atoms with Gasteiger partial charge in [-0.2, -0.15) is 0 Å². The van der Waals surface area contributed by atoms with Gasteiger partial charge in [-0.25, -0.2) is 0 Å². The Bertz CT molecular complexity index is 535. The van der Waals surface area contributed by atoms with Crippen LogP contribution in [0, 0.1) is 12.8 Å². The van der Waals surface area contributed by atoms with Crippen molar-refractivity contribution in [1.29, 1.82) is 0 Å². The van der Waals surface area contributed by atoms with Gasteiger partial charge in [-0.3, -0.25) is 4.99 Å². The molecule has 0 bridgehead atoms. The van der Waals surface area contributed by atoms with Gasteiger partial charge in [0.2, 0.25) is 0 Å². The van der Waals surface area contributed by atoms with Crippen molar-refractivity contribution in [3.05, 3.63) is 21.9 Å². The molecule has 4 nitrogen and oxygen atoms in total. The molecule has 23 heavy (non-hydrogen) atoms. The van der Waals surface area contributed by atoms with Crippen molar-refractivity contribution in [3.8, 4) is 0 Å². The molecule has 5 heteroatoms. The van der Waals surface area contributed by atoms with E-state index in [1.807, 2.05) is 18.4 Å². The molecule has 0 spiro atoms. The highest BCUT2D eigenvalue weighted by atomic mass is 32.1. The minimum Gasteiger partial charge on any atom is -0.356 e. The van der Waals surface area contributed by atoms with Gasteiger partial charge in [0.05, 0.1) is 0 Å². The highest BCUT2D eigenvalue weighted by Gasteiger charge is 2.34. The molecule has 128 valence electrons. The third-order valence-corrected chi connectivity index (χ3v) is 5.87. The predicted octanol–water partition coefficient (Wildman–Crippen LogP) is 2.64. The lowest BCUT2D eigenvalue weighted by atomic mass is 10.1. The van der Waals surface area contributed by atoms with Crippen LogP contribution in [0.1, 0.15) is 35.9 Å². The fraction of sp³-hybridized carbons (Fsp3) is 0.722. The molecule has 1 aliphatic carbocycles. The smallest absolute Gasteiger partial charge is 0.191 e. The van der Waals surface area contributed by atoms with Gasteiger partial charge in [0.1, 0.15) is 0 Å². The van der Waals surface area contributed by atoms with Crippen LogP contribution in [0.4, 0.5) is 0 Å². The summed E-state index contributed by atoms with van der Waals surface area (Å²) in [6.07, 6.45) is 5.22. The minimum atomic E-state index is 0.394. The number of rotatable bonds is 6. The highest BCUT2D eigenvalue weighted by Crippen LogP contribution is 2.31. The van der Waals surface area contributed by atoms with Gasteiger partial charge >= 0.3 is 0 Å². The second kappa shape index (κ2) is 7.67. The number of aliphatic imine (C=N–C) groups is 1. The van der Waals surface area contributed by atoms with Crippen LogP contribution in [0.2, 0.25) is 0 Å². The lowest BCUT2D eigenvalue weighted by Gasteiger charge is -2.20. The molecule has 2 unspecified atom stereocenters. The Morgan fingerprint density at radius 2 is 2.22 bits per heavy atom. The van der Waals surface area contributed by atoms with Crippen molar-refractivity contribution in [2.24, 2.45) is 10.9 Å². The van der Waals surface area contributed by atoms with Crippen LogP contribution in [-0.2, 0) is 6.42 Å². The number of nitrogens with zero attached hydrogens (tertiary/aromatic N) is 2. The van der Waals surface area contributed by atoms with Gasteiger partial charge in [0.15, 0.2) is 5.96 Å². The van der Waals surface area contributed by atoms with E-state index >= 15 is 0 Å². The molecule has 1 saturated heterocycles. The number of guanidine groups is 1. The average molecular weight is 335 g/mol. The molecule has 1 aromatic heterocycles. The van der Waals surface area contributed by atoms with Gasteiger partial charge in [-0.1, -0.05) is 0 Å². The summed E-state index contributed by atoms with van der Waals surface area (Å²) in [6, 6.07) is 5.74. The van der Waals surface area contributed by atoms with Crippen LogP contribution in [0.25, 0.3) is 0 Å². The van der Waals surface area contributed by atoms with E-state index in [9.17, 15) is 0 Å². The molecule has 2 atom stereocenters. The second-order valence-electron chi connectivity index (χ2n) is 7.10. The molecule has 1 saturated carbocycles. The summed E-state index contributed by atoms with van der Waals surface area (Å²) in [5.74, 6) is 1.71. The Hall–Kier alpha value is -1.07. The van der Waals surface area contributed by atoms with E-state index in [0.717, 1.165) is 30.9 Å². The zero-order chi connectivity index (χ0) is 16.2. The summed E-state index contributed by atoms with van der Waals surface area (Å²) >= 11 is 1.89. The van der Waals surface area contributed by atoms with E-state index in [2.05, 4.69) is 46.5 Å². The van der Waals surface area contributed by atoms with Crippen LogP contribution in [-0.4, -0.2) is 49.6 Å². The number of hydrogen-bond acceptors (Lipinski definition) is 3. The molecule has 3 rings (SSSR count). The van der Waals surface area contributed by atoms with Crippen LogP contribution < -0.4 is 10.6 Å². The molecule has 2 fully saturated rings. The summed E-state index contributed by atoms with van der Waals surface area (Å²) in [5, 5.41) is 7.06. The lowest BCUT2D eigenvalue weighted by Crippen LogP contribution is -2.44. The first kappa shape index (κ1) is 16.8. The average Bonchev–Trinajstić information content (AvgIpc) is 3.14. The maximum atomic E-state index is 4.39. The molecule has 0 radical (unpaired) electrons. The van der Waals surface area contributed by atoms with Crippen LogP contribution in [0.15, 0.2) is 17.1 Å². The Morgan fingerprint density at radius 1 is 1.39 bits per heavy atom. The molecule has 2 aliphatic rings. The maximum Gasteiger partial charge on any atom is 0.191 e. The summed E-state index contributed by atoms with van der Waals surface area (Å²) in [7, 11) is 1.86. The summed E-state index contributed by atoms with van der Waals surface area (Å²) < 4.78 is 0. The van der Waals surface area contributed by atoms with E-state index in [0.29, 0.717) is 6.04 Å². The Balaban J connectivity index is 1.39. The van der Waals surface area contributed by atoms with Crippen LogP contribution in [0.3, 0.4) is 0 Å². The zero-order valence-electron chi connectivity index (χ0n) is 14.6. The second-order valence-corrected chi connectivity index (χ2v) is 8.47. The maximum absolute atomic E-state index is 4.39. The van der Waals surface area contributed by atoms with E-state index < -0.39 is 0 Å². The molecule has 0 amide bonds. The van der Waals surface area contributed by atoms with Crippen molar-refractivity contribution in [1.82, 2.24) is 15.5 Å². The van der Waals surface area contributed by atoms with Gasteiger partial charge in [-0.15, -0.1) is 11.3 Å². The number of aryl methyl sites for hydroxylation is 1. The van der Waals surface area contributed by atoms with Gasteiger partial charge in [0.25, 0.3) is 0 Å². The molecule has 1 aromatic rings. The third kappa shape index (κ3) is 4.95. The normalized spacial score (nSPS) is 24.0. The van der Waals surface area contributed by atoms with Crippen LogP contribution in [0.5, 0.6) is 0 Å². The largest absolute Gasteiger partial charge is 0.356 e. The van der Waals surface area contributed by atoms with Crippen LogP contribution >= 0.6 is 11.3 Å². The van der Waals surface area contributed by atoms with Crippen molar-refractivity contribution < 1.29 is 0 Å². The Labute approximate surface area is 144 Å². The topological polar surface area (TPSA) is 39.7 Å². The Morgan fingerprint density at radius 3 is 2.87 bits per heavy atom. The molecule has 0 aromatic carbocycles. The van der Waals surface area contributed by atoms with E-state index in [1.54, 1.807) is 0 Å². The quantitative estimate of drug-likeness (QED) is 0.621. The van der Waals surface area contributed by atoms with Crippen molar-refractivity contribution >= 4 is 17.3 Å². The SMILES string of the molecule is CN=C(NCC1CCN(C2CC2)C1)NC(C)Cc1ccc(C)s1. The standard InChI is InChI=1S/C18H30N4S/c1-13(10-17-7-4-14(2)23-17)21-18(19-3)20-11-15-8-9-22(12-15)16-5-6-16/h4,7,13,15-16H,5-6,8-12H2,1-3H3,(H2,19,20,21). The molecule has 2 N–H and O–H groups in total. The summed E-state index contributed by atoms with van der Waals surface area (Å²) in [4.78, 5) is 9.88. The fourth-order valence-corrected chi connectivity index (χ4v) is 4.44. The highest BCUT2D eigenvalue weighted by molar-refractivity contribution is 7.11. The summed E-state index contributed by atoms with van der Waals surface area (Å²) in [6.45, 7) is 7.98. The molecule has 2 heterocycles. The molecular weight excluding hydrogens is 304 g/mol. The van der Waals surface area contributed by atoms with E-state index in [-0.39, 0.29) is 0 Å². The number of nitrogens with one attached hydrogen (secondary N) is 2. The van der Waals surface area contributed by atoms with Gasteiger partial charge < -0.3 is 15.5 Å². The van der Waals surface area contributed by atoms with Gasteiger partial charge in [0, 0.05) is 48.4 Å². The van der Waals surface area contributed by atoms with Crippen molar-refractivity contribution in [3.63, 3.8) is 0 Å². The number of hydrogen-bond donors (Lipinski definition) is 2. The fourth-order valence-electron chi connectivity index (χ4n) is 3.42. The van der Waals surface area contributed by atoms with E-state index in [4.69, 9.17) is 0 Å². The van der Waals surface area contributed by atoms with Gasteiger partial charge in [-0.05, 0) is 57.7 Å². The number of likely N-dealkylation sites (tertiary alicyclic amines) is 1. The van der Waals surface area contributed by atoms with Crippen molar-refractivity contribution in [2.75, 3.05) is 26.7 Å². The first-order chi connectivity index (χ1) is 11.1. The van der Waals surface area contributed by atoms with Crippen molar-refractivity contribution in [2.45, 2.75) is 51.6 Å². The first-order valence-corrected chi connectivity index (χ1v) is 9.72. The zero-order valence-corrected chi connectivity index (χ0v) is 15.5. The summed E-state index contributed by atoms with van der Waals surface area (Å²) in [5.41, 5.74) is 0. The molecule has 1 aliphatic heterocycles. The van der Waals surface area contributed by atoms with E-state index in [1.165, 1.54) is 42.1 Å².